The summed E-state index contributed by atoms with van der Waals surface area (Å²) in [5.74, 6) is 1.22. The van der Waals surface area contributed by atoms with Gasteiger partial charge in [-0.25, -0.2) is 4.98 Å². The standard InChI is InChI=1S/C21H28N4O5/c1-28-16-6-4-13(20(26)24-12-19-22-8-9-23-19)10-15(16)25-21(27)14-5-7-17(29-2)18(11-14)30-3/h5,7-9,11,13,15-16H,4,6,10,12H2,1-3H3,(H,22,23)(H,24,26)(H,25,27)/t13-,15+,16+/m0/s1. The third kappa shape index (κ3) is 5.10. The van der Waals surface area contributed by atoms with E-state index in [1.165, 1.54) is 7.11 Å². The van der Waals surface area contributed by atoms with Crippen LogP contribution in [-0.4, -0.2) is 55.3 Å². The number of aromatic nitrogens is 2. The first kappa shape index (κ1) is 21.6. The number of carbonyl (C=O) groups excluding carboxylic acids is 2. The van der Waals surface area contributed by atoms with E-state index in [2.05, 4.69) is 20.6 Å². The molecule has 0 bridgehead atoms. The highest BCUT2D eigenvalue weighted by Gasteiger charge is 2.35. The number of carbonyl (C=O) groups is 2. The molecule has 1 fully saturated rings. The van der Waals surface area contributed by atoms with Crippen LogP contribution in [0.4, 0.5) is 0 Å². The van der Waals surface area contributed by atoms with Gasteiger partial charge in [-0.1, -0.05) is 0 Å². The first-order valence-corrected chi connectivity index (χ1v) is 9.87. The van der Waals surface area contributed by atoms with Gasteiger partial charge in [0.15, 0.2) is 11.5 Å². The molecule has 1 saturated carbocycles. The van der Waals surface area contributed by atoms with Crippen molar-refractivity contribution >= 4 is 11.8 Å². The van der Waals surface area contributed by atoms with Crippen LogP contribution in [0.2, 0.25) is 0 Å². The van der Waals surface area contributed by atoms with Crippen molar-refractivity contribution in [1.82, 2.24) is 20.6 Å². The number of hydrogen-bond acceptors (Lipinski definition) is 6. The van der Waals surface area contributed by atoms with Gasteiger partial charge in [0.25, 0.3) is 5.91 Å². The Kier molecular flexibility index (Phi) is 7.29. The molecule has 1 aliphatic carbocycles. The monoisotopic (exact) mass is 416 g/mol. The molecule has 1 aromatic heterocycles. The Labute approximate surface area is 175 Å². The summed E-state index contributed by atoms with van der Waals surface area (Å²) >= 11 is 0. The molecule has 1 heterocycles. The fourth-order valence-corrected chi connectivity index (χ4v) is 3.75. The van der Waals surface area contributed by atoms with Crippen molar-refractivity contribution in [3.05, 3.63) is 42.0 Å². The molecule has 1 aliphatic rings. The number of amides is 2. The Morgan fingerprint density at radius 1 is 1.17 bits per heavy atom. The van der Waals surface area contributed by atoms with Gasteiger partial charge in [-0.05, 0) is 37.5 Å². The van der Waals surface area contributed by atoms with Crippen LogP contribution in [0.15, 0.2) is 30.6 Å². The minimum absolute atomic E-state index is 0.0497. The van der Waals surface area contributed by atoms with Crippen molar-refractivity contribution < 1.29 is 23.8 Å². The number of nitrogens with one attached hydrogen (secondary N) is 3. The fraction of sp³-hybridized carbons (Fsp3) is 0.476. The average molecular weight is 416 g/mol. The van der Waals surface area contributed by atoms with Gasteiger partial charge in [-0.3, -0.25) is 9.59 Å². The first-order chi connectivity index (χ1) is 14.5. The van der Waals surface area contributed by atoms with E-state index in [0.29, 0.717) is 48.7 Å². The zero-order valence-corrected chi connectivity index (χ0v) is 17.4. The molecule has 162 valence electrons. The molecule has 2 amide bonds. The number of aromatic amines is 1. The van der Waals surface area contributed by atoms with E-state index >= 15 is 0 Å². The lowest BCUT2D eigenvalue weighted by Gasteiger charge is -2.35. The molecule has 3 atom stereocenters. The van der Waals surface area contributed by atoms with E-state index in [-0.39, 0.29) is 29.9 Å². The second-order valence-electron chi connectivity index (χ2n) is 7.19. The van der Waals surface area contributed by atoms with Crippen LogP contribution in [0.1, 0.15) is 35.4 Å². The van der Waals surface area contributed by atoms with Gasteiger partial charge in [0, 0.05) is 31.0 Å². The predicted molar refractivity (Wildman–Crippen MR) is 109 cm³/mol. The van der Waals surface area contributed by atoms with Crippen LogP contribution in [0, 0.1) is 5.92 Å². The molecule has 30 heavy (non-hydrogen) atoms. The maximum Gasteiger partial charge on any atom is 0.251 e. The minimum Gasteiger partial charge on any atom is -0.493 e. The lowest BCUT2D eigenvalue weighted by Crippen LogP contribution is -2.50. The van der Waals surface area contributed by atoms with E-state index in [1.54, 1.807) is 44.8 Å². The normalized spacial score (nSPS) is 21.0. The van der Waals surface area contributed by atoms with Crippen LogP contribution in [0.25, 0.3) is 0 Å². The van der Waals surface area contributed by atoms with Crippen molar-refractivity contribution in [1.29, 1.82) is 0 Å². The largest absolute Gasteiger partial charge is 0.493 e. The van der Waals surface area contributed by atoms with Crippen molar-refractivity contribution in [2.24, 2.45) is 5.92 Å². The first-order valence-electron chi connectivity index (χ1n) is 9.87. The van der Waals surface area contributed by atoms with Gasteiger partial charge in [0.2, 0.25) is 5.91 Å². The molecule has 3 N–H and O–H groups in total. The summed E-state index contributed by atoms with van der Waals surface area (Å²) in [5.41, 5.74) is 0.451. The van der Waals surface area contributed by atoms with E-state index in [0.717, 1.165) is 0 Å². The quantitative estimate of drug-likeness (QED) is 0.603. The minimum atomic E-state index is -0.274. The van der Waals surface area contributed by atoms with Crippen LogP contribution in [0.3, 0.4) is 0 Å². The third-order valence-electron chi connectivity index (χ3n) is 5.41. The summed E-state index contributed by atoms with van der Waals surface area (Å²) in [6.45, 7) is 0.346. The highest BCUT2D eigenvalue weighted by Crippen LogP contribution is 2.29. The lowest BCUT2D eigenvalue weighted by atomic mass is 9.83. The van der Waals surface area contributed by atoms with Gasteiger partial charge in [-0.15, -0.1) is 0 Å². The molecule has 0 spiro atoms. The van der Waals surface area contributed by atoms with Crippen molar-refractivity contribution in [3.63, 3.8) is 0 Å². The SMILES string of the molecule is COc1ccc(C(=O)N[C@@H]2C[C@@H](C(=O)NCc3ncc[nH]3)CC[C@H]2OC)cc1OC. The maximum absolute atomic E-state index is 12.8. The molecule has 1 aromatic carbocycles. The predicted octanol–water partition coefficient (Wildman–Crippen LogP) is 1.66. The summed E-state index contributed by atoms with van der Waals surface area (Å²) in [5, 5.41) is 5.92. The van der Waals surface area contributed by atoms with E-state index < -0.39 is 0 Å². The number of H-pyrrole nitrogens is 1. The smallest absolute Gasteiger partial charge is 0.251 e. The molecule has 3 rings (SSSR count). The summed E-state index contributed by atoms with van der Waals surface area (Å²) in [6, 6.07) is 4.72. The highest BCUT2D eigenvalue weighted by atomic mass is 16.5. The van der Waals surface area contributed by atoms with Crippen LogP contribution < -0.4 is 20.1 Å². The zero-order valence-electron chi connectivity index (χ0n) is 17.4. The van der Waals surface area contributed by atoms with Crippen molar-refractivity contribution in [3.8, 4) is 11.5 Å². The van der Waals surface area contributed by atoms with Crippen LogP contribution in [0.5, 0.6) is 11.5 Å². The average Bonchev–Trinajstić information content (AvgIpc) is 3.30. The summed E-state index contributed by atoms with van der Waals surface area (Å²) < 4.78 is 16.1. The van der Waals surface area contributed by atoms with Crippen LogP contribution >= 0.6 is 0 Å². The Bertz CT molecular complexity index is 855. The summed E-state index contributed by atoms with van der Waals surface area (Å²) in [6.07, 6.45) is 5.10. The third-order valence-corrected chi connectivity index (χ3v) is 5.41. The van der Waals surface area contributed by atoms with Gasteiger partial charge in [0.1, 0.15) is 5.82 Å². The number of rotatable bonds is 8. The van der Waals surface area contributed by atoms with Crippen molar-refractivity contribution in [2.45, 2.75) is 38.0 Å². The fourth-order valence-electron chi connectivity index (χ4n) is 3.75. The maximum atomic E-state index is 12.8. The molecule has 2 aromatic rings. The number of hydrogen-bond donors (Lipinski definition) is 3. The number of benzene rings is 1. The Hall–Kier alpha value is -3.07. The Morgan fingerprint density at radius 3 is 2.63 bits per heavy atom. The molecule has 9 nitrogen and oxygen atoms in total. The second kappa shape index (κ2) is 10.1. The van der Waals surface area contributed by atoms with E-state index in [9.17, 15) is 9.59 Å². The zero-order chi connectivity index (χ0) is 21.5. The Morgan fingerprint density at radius 2 is 1.97 bits per heavy atom. The molecule has 0 unspecified atom stereocenters. The van der Waals surface area contributed by atoms with Gasteiger partial charge < -0.3 is 29.8 Å². The van der Waals surface area contributed by atoms with Gasteiger partial charge >= 0.3 is 0 Å². The number of ether oxygens (including phenoxy) is 3. The van der Waals surface area contributed by atoms with Crippen molar-refractivity contribution in [2.75, 3.05) is 21.3 Å². The second-order valence-corrected chi connectivity index (χ2v) is 7.19. The number of nitrogens with zero attached hydrogens (tertiary/aromatic N) is 1. The number of methoxy groups -OCH3 is 3. The molecule has 0 aliphatic heterocycles. The lowest BCUT2D eigenvalue weighted by molar-refractivity contribution is -0.127. The Balaban J connectivity index is 1.63. The van der Waals surface area contributed by atoms with Gasteiger partial charge in [0.05, 0.1) is 32.9 Å². The topological polar surface area (TPSA) is 115 Å². The molecular weight excluding hydrogens is 388 g/mol. The highest BCUT2D eigenvalue weighted by molar-refractivity contribution is 5.95. The number of imidazole rings is 1. The van der Waals surface area contributed by atoms with E-state index in [1.807, 2.05) is 0 Å². The molecule has 9 heteroatoms. The molecular formula is C21H28N4O5. The van der Waals surface area contributed by atoms with Crippen LogP contribution in [-0.2, 0) is 16.1 Å². The molecule has 0 saturated heterocycles. The van der Waals surface area contributed by atoms with Gasteiger partial charge in [-0.2, -0.15) is 0 Å². The summed E-state index contributed by atoms with van der Waals surface area (Å²) in [4.78, 5) is 32.5. The molecule has 0 radical (unpaired) electrons. The summed E-state index contributed by atoms with van der Waals surface area (Å²) in [7, 11) is 4.69. The van der Waals surface area contributed by atoms with E-state index in [4.69, 9.17) is 14.2 Å².